The Hall–Kier alpha value is -2.23. The van der Waals surface area contributed by atoms with Gasteiger partial charge in [0.05, 0.1) is 4.90 Å². The molecule has 27 heavy (non-hydrogen) atoms. The molecule has 1 fully saturated rings. The van der Waals surface area contributed by atoms with Gasteiger partial charge in [-0.2, -0.15) is 0 Å². The van der Waals surface area contributed by atoms with Crippen molar-refractivity contribution in [2.24, 2.45) is 7.05 Å². The second kappa shape index (κ2) is 7.79. The molecule has 0 saturated carbocycles. The van der Waals surface area contributed by atoms with E-state index < -0.39 is 10.0 Å². The summed E-state index contributed by atoms with van der Waals surface area (Å²) in [5, 5.41) is 3.29. The van der Waals surface area contributed by atoms with Gasteiger partial charge in [0, 0.05) is 50.7 Å². The molecule has 2 aromatic rings. The molecular weight excluding hydrogens is 366 g/mol. The molecule has 1 aromatic heterocycles. The monoisotopic (exact) mass is 391 g/mol. The SMILES string of the molecule is CC(C)NS(=O)(=O)c1cccc(C(=O)N2CCNCC2c2nccn2C)c1. The van der Waals surface area contributed by atoms with Crippen LogP contribution in [-0.4, -0.2) is 54.5 Å². The summed E-state index contributed by atoms with van der Waals surface area (Å²) in [6, 6.07) is 5.74. The number of rotatable bonds is 5. The molecule has 0 spiro atoms. The molecule has 8 nitrogen and oxygen atoms in total. The van der Waals surface area contributed by atoms with Gasteiger partial charge in [-0.1, -0.05) is 6.07 Å². The minimum absolute atomic E-state index is 0.0886. The maximum absolute atomic E-state index is 13.2. The van der Waals surface area contributed by atoms with E-state index in [2.05, 4.69) is 15.0 Å². The summed E-state index contributed by atoms with van der Waals surface area (Å²) in [4.78, 5) is 19.4. The number of nitrogens with one attached hydrogen (secondary N) is 2. The quantitative estimate of drug-likeness (QED) is 0.789. The van der Waals surface area contributed by atoms with Crippen molar-refractivity contribution in [3.63, 3.8) is 0 Å². The van der Waals surface area contributed by atoms with E-state index in [1.807, 2.05) is 17.8 Å². The molecule has 1 atom stereocenters. The fraction of sp³-hybridized carbons (Fsp3) is 0.444. The van der Waals surface area contributed by atoms with Gasteiger partial charge in [0.1, 0.15) is 11.9 Å². The van der Waals surface area contributed by atoms with Crippen molar-refractivity contribution in [1.82, 2.24) is 24.5 Å². The Kier molecular flexibility index (Phi) is 5.64. The molecular formula is C18H25N5O3S. The van der Waals surface area contributed by atoms with Gasteiger partial charge in [-0.05, 0) is 32.0 Å². The van der Waals surface area contributed by atoms with Crippen LogP contribution in [0.3, 0.4) is 0 Å². The Morgan fingerprint density at radius 3 is 2.81 bits per heavy atom. The molecule has 1 aliphatic rings. The predicted molar refractivity (Wildman–Crippen MR) is 102 cm³/mol. The van der Waals surface area contributed by atoms with Crippen molar-refractivity contribution in [2.45, 2.75) is 30.8 Å². The zero-order chi connectivity index (χ0) is 19.6. The number of sulfonamides is 1. The first-order valence-electron chi connectivity index (χ1n) is 8.91. The number of benzene rings is 1. The first-order chi connectivity index (χ1) is 12.8. The standard InChI is InChI=1S/C18H25N5O3S/c1-13(2)21-27(25,26)15-6-4-5-14(11-15)18(24)23-10-7-19-12-16(23)17-20-8-9-22(17)3/h4-6,8-9,11,13,16,19,21H,7,10,12H2,1-3H3. The van der Waals surface area contributed by atoms with Gasteiger partial charge >= 0.3 is 0 Å². The van der Waals surface area contributed by atoms with Crippen LogP contribution in [0, 0.1) is 0 Å². The van der Waals surface area contributed by atoms with Crippen LogP contribution in [0.2, 0.25) is 0 Å². The molecule has 1 aromatic carbocycles. The third kappa shape index (κ3) is 4.20. The van der Waals surface area contributed by atoms with Gasteiger partial charge in [0.25, 0.3) is 5.91 Å². The van der Waals surface area contributed by atoms with Crippen LogP contribution < -0.4 is 10.0 Å². The van der Waals surface area contributed by atoms with Crippen molar-refractivity contribution < 1.29 is 13.2 Å². The maximum atomic E-state index is 13.2. The number of carbonyl (C=O) groups is 1. The molecule has 1 amide bonds. The number of amides is 1. The van der Waals surface area contributed by atoms with Gasteiger partial charge in [-0.15, -0.1) is 0 Å². The Labute approximate surface area is 159 Å². The van der Waals surface area contributed by atoms with E-state index in [1.54, 1.807) is 37.1 Å². The normalized spacial score (nSPS) is 18.1. The van der Waals surface area contributed by atoms with Crippen molar-refractivity contribution in [2.75, 3.05) is 19.6 Å². The zero-order valence-corrected chi connectivity index (χ0v) is 16.5. The highest BCUT2D eigenvalue weighted by Crippen LogP contribution is 2.23. The summed E-state index contributed by atoms with van der Waals surface area (Å²) in [6.45, 7) is 5.32. The number of carbonyl (C=O) groups excluding carboxylic acids is 1. The van der Waals surface area contributed by atoms with Crippen LogP contribution in [0.4, 0.5) is 0 Å². The molecule has 0 radical (unpaired) electrons. The third-order valence-electron chi connectivity index (χ3n) is 4.44. The summed E-state index contributed by atoms with van der Waals surface area (Å²) in [7, 11) is -1.77. The van der Waals surface area contributed by atoms with Crippen LogP contribution in [0.25, 0.3) is 0 Å². The van der Waals surface area contributed by atoms with Gasteiger partial charge in [-0.3, -0.25) is 4.79 Å². The lowest BCUT2D eigenvalue weighted by Crippen LogP contribution is -2.49. The number of aromatic nitrogens is 2. The molecule has 1 unspecified atom stereocenters. The number of piperazine rings is 1. The van der Waals surface area contributed by atoms with Crippen molar-refractivity contribution in [1.29, 1.82) is 0 Å². The summed E-state index contributed by atoms with van der Waals surface area (Å²) in [6.07, 6.45) is 3.55. The molecule has 0 aliphatic carbocycles. The second-order valence-corrected chi connectivity index (χ2v) is 8.63. The lowest BCUT2D eigenvalue weighted by molar-refractivity contribution is 0.0620. The number of nitrogens with zero attached hydrogens (tertiary/aromatic N) is 3. The predicted octanol–water partition coefficient (Wildman–Crippen LogP) is 0.894. The Morgan fingerprint density at radius 2 is 2.15 bits per heavy atom. The number of hydrogen-bond donors (Lipinski definition) is 2. The van der Waals surface area contributed by atoms with Gasteiger partial charge in [0.2, 0.25) is 10.0 Å². The Balaban J connectivity index is 1.90. The topological polar surface area (TPSA) is 96.3 Å². The Morgan fingerprint density at radius 1 is 1.37 bits per heavy atom. The Bertz CT molecular complexity index is 923. The van der Waals surface area contributed by atoms with E-state index in [0.29, 0.717) is 25.2 Å². The lowest BCUT2D eigenvalue weighted by Gasteiger charge is -2.35. The van der Waals surface area contributed by atoms with Crippen LogP contribution in [0.15, 0.2) is 41.6 Å². The fourth-order valence-corrected chi connectivity index (χ4v) is 4.51. The summed E-state index contributed by atoms with van der Waals surface area (Å²) >= 11 is 0. The zero-order valence-electron chi connectivity index (χ0n) is 15.7. The first-order valence-corrected chi connectivity index (χ1v) is 10.4. The highest BCUT2D eigenvalue weighted by molar-refractivity contribution is 7.89. The second-order valence-electron chi connectivity index (χ2n) is 6.92. The number of hydrogen-bond acceptors (Lipinski definition) is 5. The molecule has 2 N–H and O–H groups in total. The van der Waals surface area contributed by atoms with E-state index in [-0.39, 0.29) is 22.9 Å². The van der Waals surface area contributed by atoms with Gasteiger partial charge < -0.3 is 14.8 Å². The highest BCUT2D eigenvalue weighted by Gasteiger charge is 2.31. The van der Waals surface area contributed by atoms with Crippen LogP contribution in [-0.2, 0) is 17.1 Å². The largest absolute Gasteiger partial charge is 0.336 e. The minimum Gasteiger partial charge on any atom is -0.336 e. The maximum Gasteiger partial charge on any atom is 0.254 e. The van der Waals surface area contributed by atoms with E-state index in [1.165, 1.54) is 12.1 Å². The molecule has 0 bridgehead atoms. The molecule has 1 aliphatic heterocycles. The van der Waals surface area contributed by atoms with Gasteiger partial charge in [0.15, 0.2) is 0 Å². The van der Waals surface area contributed by atoms with Gasteiger partial charge in [-0.25, -0.2) is 18.1 Å². The summed E-state index contributed by atoms with van der Waals surface area (Å²) in [5.74, 6) is 0.590. The summed E-state index contributed by atoms with van der Waals surface area (Å²) < 4.78 is 29.3. The number of aryl methyl sites for hydroxylation is 1. The summed E-state index contributed by atoms with van der Waals surface area (Å²) in [5.41, 5.74) is 0.350. The minimum atomic E-state index is -3.66. The average Bonchev–Trinajstić information content (AvgIpc) is 3.06. The molecule has 2 heterocycles. The lowest BCUT2D eigenvalue weighted by atomic mass is 10.1. The van der Waals surface area contributed by atoms with E-state index in [0.717, 1.165) is 5.82 Å². The highest BCUT2D eigenvalue weighted by atomic mass is 32.2. The van der Waals surface area contributed by atoms with Crippen LogP contribution in [0.1, 0.15) is 36.1 Å². The van der Waals surface area contributed by atoms with Crippen molar-refractivity contribution in [3.8, 4) is 0 Å². The first kappa shape index (κ1) is 19.5. The molecule has 3 rings (SSSR count). The van der Waals surface area contributed by atoms with Crippen molar-refractivity contribution >= 4 is 15.9 Å². The average molecular weight is 391 g/mol. The fourth-order valence-electron chi connectivity index (χ4n) is 3.22. The van der Waals surface area contributed by atoms with E-state index >= 15 is 0 Å². The molecule has 1 saturated heterocycles. The van der Waals surface area contributed by atoms with Crippen LogP contribution >= 0.6 is 0 Å². The molecule has 146 valence electrons. The van der Waals surface area contributed by atoms with E-state index in [4.69, 9.17) is 0 Å². The molecule has 9 heteroatoms. The van der Waals surface area contributed by atoms with E-state index in [9.17, 15) is 13.2 Å². The van der Waals surface area contributed by atoms with Crippen molar-refractivity contribution in [3.05, 3.63) is 48.0 Å². The third-order valence-corrected chi connectivity index (χ3v) is 6.10. The van der Waals surface area contributed by atoms with Crippen LogP contribution in [0.5, 0.6) is 0 Å². The smallest absolute Gasteiger partial charge is 0.254 e. The number of imidazole rings is 1.